The highest BCUT2D eigenvalue weighted by molar-refractivity contribution is 7.13. The van der Waals surface area contributed by atoms with E-state index < -0.39 is 5.60 Å². The quantitative estimate of drug-likeness (QED) is 0.514. The molecule has 4 heteroatoms. The van der Waals surface area contributed by atoms with Crippen LogP contribution < -0.4 is 5.73 Å². The van der Waals surface area contributed by atoms with E-state index in [0.29, 0.717) is 6.54 Å². The van der Waals surface area contributed by atoms with E-state index in [1.807, 2.05) is 0 Å². The Morgan fingerprint density at radius 1 is 1.50 bits per heavy atom. The predicted molar refractivity (Wildman–Crippen MR) is 44.5 cm³/mol. The first-order valence-electron chi connectivity index (χ1n) is 3.58. The Morgan fingerprint density at radius 2 is 2.00 bits per heavy atom. The van der Waals surface area contributed by atoms with Gasteiger partial charge in [-0.05, 0) is 12.8 Å². The third kappa shape index (κ3) is 1.89. The summed E-state index contributed by atoms with van der Waals surface area (Å²) in [6.07, 6.45) is 1.60. The van der Waals surface area contributed by atoms with Crippen LogP contribution in [-0.2, 0) is 0 Å². The molecule has 10 heavy (non-hydrogen) atoms. The summed E-state index contributed by atoms with van der Waals surface area (Å²) >= 11 is 0. The van der Waals surface area contributed by atoms with E-state index >= 15 is 0 Å². The number of nitrogens with zero attached hydrogens (tertiary/aromatic N) is 1. The molecule has 1 atom stereocenters. The summed E-state index contributed by atoms with van der Waals surface area (Å²) in [4.78, 5) is 0. The molecule has 1 fully saturated rings. The van der Waals surface area contributed by atoms with Crippen molar-refractivity contribution in [2.75, 3.05) is 19.6 Å². The van der Waals surface area contributed by atoms with Crippen molar-refractivity contribution in [2.45, 2.75) is 18.4 Å². The van der Waals surface area contributed by atoms with Crippen LogP contribution >= 0.6 is 9.39 Å². The maximum absolute atomic E-state index is 9.64. The normalized spacial score (nSPS) is 26.7. The van der Waals surface area contributed by atoms with Crippen molar-refractivity contribution >= 4 is 9.39 Å². The minimum atomic E-state index is -0.576. The van der Waals surface area contributed by atoms with Gasteiger partial charge in [-0.3, -0.25) is 4.67 Å². The van der Waals surface area contributed by atoms with Crippen molar-refractivity contribution in [3.63, 3.8) is 0 Å². The fourth-order valence-corrected chi connectivity index (χ4v) is 1.40. The van der Waals surface area contributed by atoms with E-state index in [1.165, 1.54) is 0 Å². The average molecular weight is 162 g/mol. The summed E-state index contributed by atoms with van der Waals surface area (Å²) in [5, 5.41) is 9.64. The van der Waals surface area contributed by atoms with Crippen LogP contribution in [0.4, 0.5) is 0 Å². The van der Waals surface area contributed by atoms with E-state index in [4.69, 9.17) is 5.73 Å². The molecular weight excluding hydrogens is 147 g/mol. The summed E-state index contributed by atoms with van der Waals surface area (Å²) in [6.45, 7) is 2.25. The molecule has 0 aliphatic carbocycles. The summed E-state index contributed by atoms with van der Waals surface area (Å²) < 4.78 is 2.13. The van der Waals surface area contributed by atoms with Gasteiger partial charge in [0.15, 0.2) is 0 Å². The smallest absolute Gasteiger partial charge is 0.0794 e. The topological polar surface area (TPSA) is 49.5 Å². The van der Waals surface area contributed by atoms with Crippen molar-refractivity contribution in [1.29, 1.82) is 0 Å². The Labute approximate surface area is 63.8 Å². The molecule has 0 aromatic carbocycles. The molecule has 1 unspecified atom stereocenters. The number of aliphatic hydroxyl groups is 1. The lowest BCUT2D eigenvalue weighted by Gasteiger charge is -2.35. The monoisotopic (exact) mass is 162 g/mol. The van der Waals surface area contributed by atoms with Gasteiger partial charge in [-0.15, -0.1) is 0 Å². The van der Waals surface area contributed by atoms with Crippen LogP contribution in [0.15, 0.2) is 0 Å². The van der Waals surface area contributed by atoms with Crippen molar-refractivity contribution in [3.8, 4) is 0 Å². The van der Waals surface area contributed by atoms with Crippen LogP contribution in [0.5, 0.6) is 0 Å². The minimum Gasteiger partial charge on any atom is -0.388 e. The fraction of sp³-hybridized carbons (Fsp3) is 1.00. The molecule has 1 rings (SSSR count). The van der Waals surface area contributed by atoms with E-state index in [2.05, 4.69) is 14.1 Å². The van der Waals surface area contributed by atoms with E-state index in [-0.39, 0.29) is 0 Å². The number of hydrogen-bond donors (Lipinski definition) is 2. The first-order valence-corrected chi connectivity index (χ1v) is 4.10. The lowest BCUT2D eigenvalue weighted by molar-refractivity contribution is 0.00487. The fourth-order valence-electron chi connectivity index (χ4n) is 1.14. The Hall–Kier alpha value is 0.310. The van der Waals surface area contributed by atoms with Gasteiger partial charge in [0.25, 0.3) is 0 Å². The van der Waals surface area contributed by atoms with Crippen LogP contribution in [0.3, 0.4) is 0 Å². The second-order valence-corrected chi connectivity index (χ2v) is 3.69. The molecule has 0 aromatic heterocycles. The predicted octanol–water partition coefficient (Wildman–Crippen LogP) is -0.438. The minimum absolute atomic E-state index is 0.394. The Morgan fingerprint density at radius 3 is 2.40 bits per heavy atom. The van der Waals surface area contributed by atoms with E-state index in [1.54, 1.807) is 0 Å². The van der Waals surface area contributed by atoms with Gasteiger partial charge >= 0.3 is 0 Å². The Bertz CT molecular complexity index is 112. The van der Waals surface area contributed by atoms with Crippen LogP contribution in [-0.4, -0.2) is 35.0 Å². The third-order valence-corrected chi connectivity index (χ3v) is 2.63. The maximum atomic E-state index is 9.64. The second-order valence-electron chi connectivity index (χ2n) is 2.96. The molecule has 1 aliphatic rings. The summed E-state index contributed by atoms with van der Waals surface area (Å²) in [5.41, 5.74) is 4.83. The van der Waals surface area contributed by atoms with Gasteiger partial charge in [0.05, 0.1) is 5.60 Å². The molecule has 0 amide bonds. The second kappa shape index (κ2) is 3.14. The van der Waals surface area contributed by atoms with Crippen molar-refractivity contribution < 1.29 is 5.11 Å². The van der Waals surface area contributed by atoms with Gasteiger partial charge in [-0.1, -0.05) is 9.39 Å². The lowest BCUT2D eigenvalue weighted by atomic mass is 9.93. The molecule has 0 saturated carbocycles. The first-order chi connectivity index (χ1) is 4.66. The molecule has 0 spiro atoms. The van der Waals surface area contributed by atoms with E-state index in [0.717, 1.165) is 25.9 Å². The van der Waals surface area contributed by atoms with Gasteiger partial charge in [0, 0.05) is 19.6 Å². The molecule has 60 valence electrons. The molecule has 1 aliphatic heterocycles. The first kappa shape index (κ1) is 8.41. The maximum Gasteiger partial charge on any atom is 0.0794 e. The molecule has 3 N–H and O–H groups in total. The highest BCUT2D eigenvalue weighted by Gasteiger charge is 2.29. The SMILES string of the molecule is NCC1(O)CCN(P)CC1. The summed E-state index contributed by atoms with van der Waals surface area (Å²) in [7, 11) is 2.64. The number of hydrogen-bond acceptors (Lipinski definition) is 3. The van der Waals surface area contributed by atoms with Crippen molar-refractivity contribution in [3.05, 3.63) is 0 Å². The van der Waals surface area contributed by atoms with Gasteiger partial charge in [0.1, 0.15) is 0 Å². The highest BCUT2D eigenvalue weighted by atomic mass is 31.0. The molecular formula is C6H15N2OP. The Kier molecular flexibility index (Phi) is 2.64. The standard InChI is InChI=1S/C6H15N2OP/c7-5-6(9)1-3-8(10)4-2-6/h9H,1-5,7,10H2. The summed E-state index contributed by atoms with van der Waals surface area (Å²) in [5.74, 6) is 0. The molecule has 0 bridgehead atoms. The van der Waals surface area contributed by atoms with Gasteiger partial charge in [-0.25, -0.2) is 0 Å². The van der Waals surface area contributed by atoms with Gasteiger partial charge < -0.3 is 10.8 Å². The number of piperidine rings is 1. The molecule has 0 aromatic rings. The van der Waals surface area contributed by atoms with Crippen LogP contribution in [0, 0.1) is 0 Å². The van der Waals surface area contributed by atoms with Crippen LogP contribution in [0.2, 0.25) is 0 Å². The molecule has 1 heterocycles. The molecule has 0 radical (unpaired) electrons. The lowest BCUT2D eigenvalue weighted by Crippen LogP contribution is -2.46. The third-order valence-electron chi connectivity index (χ3n) is 2.11. The Balaban J connectivity index is 2.38. The summed E-state index contributed by atoms with van der Waals surface area (Å²) in [6, 6.07) is 0. The van der Waals surface area contributed by atoms with Crippen molar-refractivity contribution in [1.82, 2.24) is 4.67 Å². The van der Waals surface area contributed by atoms with Crippen LogP contribution in [0.1, 0.15) is 12.8 Å². The zero-order chi connectivity index (χ0) is 7.61. The van der Waals surface area contributed by atoms with Crippen molar-refractivity contribution in [2.24, 2.45) is 5.73 Å². The molecule has 1 saturated heterocycles. The van der Waals surface area contributed by atoms with E-state index in [9.17, 15) is 5.11 Å². The number of rotatable bonds is 1. The van der Waals surface area contributed by atoms with Crippen LogP contribution in [0.25, 0.3) is 0 Å². The average Bonchev–Trinajstić information content (AvgIpc) is 1.96. The van der Waals surface area contributed by atoms with Gasteiger partial charge in [-0.2, -0.15) is 0 Å². The molecule has 3 nitrogen and oxygen atoms in total. The number of nitrogens with two attached hydrogens (primary N) is 1. The zero-order valence-electron chi connectivity index (χ0n) is 6.08. The largest absolute Gasteiger partial charge is 0.388 e. The van der Waals surface area contributed by atoms with Gasteiger partial charge in [0.2, 0.25) is 0 Å². The zero-order valence-corrected chi connectivity index (χ0v) is 7.24. The highest BCUT2D eigenvalue weighted by Crippen LogP contribution is 2.22.